The van der Waals surface area contributed by atoms with Crippen LogP contribution >= 0.6 is 11.8 Å². The Labute approximate surface area is 285 Å². The van der Waals surface area contributed by atoms with Crippen molar-refractivity contribution in [1.29, 1.82) is 0 Å². The second-order valence-electron chi connectivity index (χ2n) is 10.8. The van der Waals surface area contributed by atoms with E-state index in [2.05, 4.69) is 102 Å². The smallest absolute Gasteiger partial charge is 0.145 e. The summed E-state index contributed by atoms with van der Waals surface area (Å²) in [5, 5.41) is 4.95. The number of aryl methyl sites for hydroxylation is 2. The third-order valence-corrected chi connectivity index (χ3v) is 8.94. The summed E-state index contributed by atoms with van der Waals surface area (Å²) >= 11 is 1.54. The van der Waals surface area contributed by atoms with E-state index in [1.807, 2.05) is 42.6 Å². The minimum Gasteiger partial charge on any atom is -0.319 e. The Bertz CT molecular complexity index is 2300. The van der Waals surface area contributed by atoms with Gasteiger partial charge in [0.2, 0.25) is 0 Å². The molecule has 0 aliphatic carbocycles. The van der Waals surface area contributed by atoms with E-state index in [0.717, 1.165) is 48.0 Å². The minimum atomic E-state index is -2.41. The molecule has 0 unspecified atom stereocenters. The van der Waals surface area contributed by atoms with Gasteiger partial charge in [-0.3, -0.25) is 0 Å². The van der Waals surface area contributed by atoms with Crippen LogP contribution in [-0.4, -0.2) is 21.5 Å². The Balaban J connectivity index is 0.00000364. The quantitative estimate of drug-likeness (QED) is 0.129. The molecule has 2 aromatic heterocycles. The van der Waals surface area contributed by atoms with Crippen molar-refractivity contribution < 1.29 is 30.1 Å². The molecule has 0 radical (unpaired) electrons. The van der Waals surface area contributed by atoms with Gasteiger partial charge in [0.25, 0.3) is 0 Å². The first kappa shape index (κ1) is 25.9. The van der Waals surface area contributed by atoms with Gasteiger partial charge in [0.1, 0.15) is 17.2 Å². The molecule has 0 saturated carbocycles. The zero-order chi connectivity index (χ0) is 32.3. The van der Waals surface area contributed by atoms with Gasteiger partial charge in [-0.15, -0.1) is 55.3 Å². The first-order valence-electron chi connectivity index (χ1n) is 15.9. The molecule has 0 atom stereocenters. The van der Waals surface area contributed by atoms with Crippen LogP contribution in [0.1, 0.15) is 15.2 Å². The molecule has 0 amide bonds. The van der Waals surface area contributed by atoms with Crippen LogP contribution in [0.2, 0.25) is 0 Å². The number of hydrogen-bond donors (Lipinski definition) is 0. The first-order chi connectivity index (χ1) is 22.8. The van der Waals surface area contributed by atoms with Crippen LogP contribution in [0.15, 0.2) is 125 Å². The second-order valence-corrected chi connectivity index (χ2v) is 11.9. The molecule has 5 nitrogen and oxygen atoms in total. The molecule has 1 aliphatic heterocycles. The zero-order valence-electron chi connectivity index (χ0n) is 27.4. The Morgan fingerprint density at radius 1 is 0.756 bits per heavy atom. The summed E-state index contributed by atoms with van der Waals surface area (Å²) in [6, 6.07) is 43.5. The number of para-hydroxylation sites is 3. The topological polar surface area (TPSA) is 37.1 Å². The second kappa shape index (κ2) is 11.9. The number of hydrogen-bond acceptors (Lipinski definition) is 4. The number of nitrogens with zero attached hydrogens (tertiary/aromatic N) is 4. The number of benzene rings is 5. The molecule has 8 rings (SSSR count). The van der Waals surface area contributed by atoms with E-state index in [1.165, 1.54) is 16.7 Å². The number of fused-ring (bicyclic) bond motifs is 4. The molecule has 7 heteroatoms. The van der Waals surface area contributed by atoms with Crippen molar-refractivity contribution in [1.82, 2.24) is 9.55 Å². The van der Waals surface area contributed by atoms with Crippen molar-refractivity contribution in [2.75, 3.05) is 17.1 Å². The van der Waals surface area contributed by atoms with Gasteiger partial charge in [0.15, 0.2) is 0 Å². The maximum absolute atomic E-state index is 7.98. The summed E-state index contributed by atoms with van der Waals surface area (Å²) < 4.78 is 26.1. The molecule has 0 saturated heterocycles. The molecular formula is C38H29N4OPtS-. The summed E-state index contributed by atoms with van der Waals surface area (Å²) in [6.45, 7) is 1.88. The Morgan fingerprint density at radius 3 is 2.36 bits per heavy atom. The maximum Gasteiger partial charge on any atom is 0.145 e. The number of hydroxylamine groups is 1. The SMILES string of the molecule is [2H]C([2H])([2H])N1[OH+]N(c2[c-]c(Sc3[c-]c4c(cc3)c3ccccc3n4-c3cc(-c4c(C)cccc4C)ccn3)ccc2)c2ccccc21.[Pt]. The van der Waals surface area contributed by atoms with Crippen molar-refractivity contribution in [3.8, 4) is 16.9 Å². The fourth-order valence-electron chi connectivity index (χ4n) is 6.06. The summed E-state index contributed by atoms with van der Waals surface area (Å²) in [6.07, 6.45) is 1.88. The van der Waals surface area contributed by atoms with Crippen molar-refractivity contribution in [3.63, 3.8) is 0 Å². The Morgan fingerprint density at radius 2 is 1.51 bits per heavy atom. The summed E-state index contributed by atoms with van der Waals surface area (Å²) in [5.74, 6) is 0.830. The van der Waals surface area contributed by atoms with Gasteiger partial charge in [0.05, 0.1) is 11.1 Å². The summed E-state index contributed by atoms with van der Waals surface area (Å²) in [5.41, 5.74) is 8.67. The first-order valence-corrected chi connectivity index (χ1v) is 15.2. The van der Waals surface area contributed by atoms with E-state index >= 15 is 0 Å². The van der Waals surface area contributed by atoms with Crippen LogP contribution < -0.4 is 10.1 Å². The van der Waals surface area contributed by atoms with Gasteiger partial charge in [-0.2, -0.15) is 29.2 Å². The molecule has 5 aromatic carbocycles. The number of rotatable bonds is 5. The third kappa shape index (κ3) is 5.13. The van der Waals surface area contributed by atoms with E-state index in [4.69, 9.17) is 9.10 Å². The predicted octanol–water partition coefficient (Wildman–Crippen LogP) is 9.64. The largest absolute Gasteiger partial charge is 0.319 e. The molecule has 7 aromatic rings. The molecule has 224 valence electrons. The van der Waals surface area contributed by atoms with Crippen LogP contribution in [0.25, 0.3) is 38.8 Å². The van der Waals surface area contributed by atoms with Crippen LogP contribution in [0.3, 0.4) is 0 Å². The number of anilines is 3. The Hall–Kier alpha value is -4.35. The third-order valence-electron chi connectivity index (χ3n) is 8.02. The molecule has 45 heavy (non-hydrogen) atoms. The van der Waals surface area contributed by atoms with Gasteiger partial charge in [-0.25, -0.2) is 4.98 Å². The maximum atomic E-state index is 7.98. The average Bonchev–Trinajstić information content (AvgIpc) is 3.62. The van der Waals surface area contributed by atoms with E-state index in [0.29, 0.717) is 17.1 Å². The molecule has 0 spiro atoms. The molecule has 3 heterocycles. The molecule has 1 aliphatic rings. The monoisotopic (exact) mass is 787 g/mol. The van der Waals surface area contributed by atoms with Gasteiger partial charge in [-0.1, -0.05) is 54.0 Å². The molecule has 0 fully saturated rings. The van der Waals surface area contributed by atoms with Crippen LogP contribution in [-0.2, 0) is 21.1 Å². The van der Waals surface area contributed by atoms with Crippen molar-refractivity contribution >= 4 is 50.6 Å². The van der Waals surface area contributed by atoms with E-state index in [1.54, 1.807) is 22.9 Å². The van der Waals surface area contributed by atoms with Crippen LogP contribution in [0.4, 0.5) is 17.1 Å². The number of pyridine rings is 1. The zero-order valence-corrected chi connectivity index (χ0v) is 27.5. The van der Waals surface area contributed by atoms with Crippen molar-refractivity contribution in [2.45, 2.75) is 23.6 Å². The minimum absolute atomic E-state index is 0. The fourth-order valence-corrected chi connectivity index (χ4v) is 6.88. The van der Waals surface area contributed by atoms with Gasteiger partial charge >= 0.3 is 0 Å². The van der Waals surface area contributed by atoms with E-state index in [9.17, 15) is 0 Å². The van der Waals surface area contributed by atoms with Gasteiger partial charge < -0.3 is 4.57 Å². The predicted molar refractivity (Wildman–Crippen MR) is 180 cm³/mol. The van der Waals surface area contributed by atoms with Crippen LogP contribution in [0, 0.1) is 26.0 Å². The van der Waals surface area contributed by atoms with Crippen molar-refractivity contribution in [3.05, 3.63) is 139 Å². The standard InChI is InChI=1S/C38H28N4OS.Pt/c1-25-10-8-11-26(2)38(25)27-20-21-39-37(22-27)41-33-15-5-4-14-31(33)32-19-18-30(24-36(32)41)44-29-13-9-12-28(23-29)42-35-17-7-6-16-34(35)40(3)43-42;/h4-22H,1-3H3;/q-2;/p+1/i3D3;. The Kier molecular flexibility index (Phi) is 6.84. The average molecular weight is 788 g/mol. The summed E-state index contributed by atoms with van der Waals surface area (Å²) in [4.78, 5) is 11.1. The normalized spacial score (nSPS) is 13.8. The van der Waals surface area contributed by atoms with E-state index < -0.39 is 6.98 Å². The molecular weight excluding hydrogens is 756 g/mol. The van der Waals surface area contributed by atoms with Crippen LogP contribution in [0.5, 0.6) is 0 Å². The summed E-state index contributed by atoms with van der Waals surface area (Å²) in [7, 11) is 0. The number of aromatic nitrogens is 2. The molecule has 0 bridgehead atoms. The van der Waals surface area contributed by atoms with Crippen molar-refractivity contribution in [2.24, 2.45) is 0 Å². The molecule has 1 N–H and O–H groups in total. The fraction of sp³-hybridized carbons (Fsp3) is 0.0789. The van der Waals surface area contributed by atoms with E-state index in [-0.39, 0.29) is 21.1 Å². The van der Waals surface area contributed by atoms with Gasteiger partial charge in [0, 0.05) is 38.5 Å². The van der Waals surface area contributed by atoms with Gasteiger partial charge in [-0.05, 0) is 71.8 Å².